The number of nitrogens with two attached hydrogens (primary N) is 1. The lowest BCUT2D eigenvalue weighted by Crippen LogP contribution is -2.11. The van der Waals surface area contributed by atoms with Gasteiger partial charge in [-0.1, -0.05) is 53.5 Å². The average molecular weight is 295 g/mol. The fourth-order valence-electron chi connectivity index (χ4n) is 1.58. The Hall–Kier alpha value is -1.71. The summed E-state index contributed by atoms with van der Waals surface area (Å²) in [5.74, 6) is 0.315. The van der Waals surface area contributed by atoms with Crippen LogP contribution in [0.2, 0.25) is 10.0 Å². The van der Waals surface area contributed by atoms with Gasteiger partial charge in [-0.05, 0) is 17.7 Å². The van der Waals surface area contributed by atoms with E-state index >= 15 is 0 Å². The molecule has 0 radical (unpaired) electrons. The number of hydrogen-bond donors (Lipinski definition) is 2. The molecule has 0 saturated heterocycles. The normalized spacial score (nSPS) is 10.2. The summed E-state index contributed by atoms with van der Waals surface area (Å²) >= 11 is 12.2. The van der Waals surface area contributed by atoms with Crippen LogP contribution in [0.1, 0.15) is 11.1 Å². The van der Waals surface area contributed by atoms with Crippen LogP contribution in [0.4, 0.5) is 0 Å². The van der Waals surface area contributed by atoms with E-state index in [0.29, 0.717) is 28.0 Å². The van der Waals surface area contributed by atoms with E-state index in [0.717, 1.165) is 5.56 Å². The highest BCUT2D eigenvalue weighted by Crippen LogP contribution is 2.34. The summed E-state index contributed by atoms with van der Waals surface area (Å²) in [5.41, 5.74) is 6.88. The van der Waals surface area contributed by atoms with Crippen LogP contribution in [0.3, 0.4) is 0 Å². The van der Waals surface area contributed by atoms with E-state index in [2.05, 4.69) is 0 Å². The molecule has 3 N–H and O–H groups in total. The average Bonchev–Trinajstić information content (AvgIpc) is 2.38. The van der Waals surface area contributed by atoms with Crippen LogP contribution in [0, 0.1) is 5.41 Å². The highest BCUT2D eigenvalue weighted by Gasteiger charge is 2.11. The summed E-state index contributed by atoms with van der Waals surface area (Å²) in [6.07, 6.45) is 0. The monoisotopic (exact) mass is 294 g/mol. The number of halogens is 2. The van der Waals surface area contributed by atoms with Crippen molar-refractivity contribution in [3.05, 3.63) is 63.6 Å². The standard InChI is InChI=1S/C14H12Cl2N2O/c15-11-6-10(14(17)18)7-12(16)13(11)19-8-9-4-2-1-3-5-9/h1-7H,8H2,(H3,17,18). The molecule has 0 fully saturated rings. The lowest BCUT2D eigenvalue weighted by molar-refractivity contribution is 0.306. The van der Waals surface area contributed by atoms with Gasteiger partial charge in [0.05, 0.1) is 10.0 Å². The number of rotatable bonds is 4. The first-order valence-electron chi connectivity index (χ1n) is 5.58. The van der Waals surface area contributed by atoms with Gasteiger partial charge in [0.1, 0.15) is 12.4 Å². The molecule has 0 aliphatic heterocycles. The minimum Gasteiger partial charge on any atom is -0.486 e. The van der Waals surface area contributed by atoms with Gasteiger partial charge in [0, 0.05) is 5.56 Å². The predicted molar refractivity (Wildman–Crippen MR) is 78.3 cm³/mol. The molecule has 19 heavy (non-hydrogen) atoms. The Morgan fingerprint density at radius 3 is 2.21 bits per heavy atom. The molecular weight excluding hydrogens is 283 g/mol. The van der Waals surface area contributed by atoms with Crippen molar-refractivity contribution in [2.24, 2.45) is 5.73 Å². The summed E-state index contributed by atoms with van der Waals surface area (Å²) in [6, 6.07) is 12.8. The summed E-state index contributed by atoms with van der Waals surface area (Å²) in [7, 11) is 0. The van der Waals surface area contributed by atoms with Gasteiger partial charge in [-0.15, -0.1) is 0 Å². The van der Waals surface area contributed by atoms with Crippen LogP contribution in [-0.4, -0.2) is 5.84 Å². The molecule has 0 aliphatic carbocycles. The Balaban J connectivity index is 2.19. The Bertz CT molecular complexity index is 577. The molecule has 0 aromatic heterocycles. The molecule has 0 aliphatic rings. The van der Waals surface area contributed by atoms with E-state index < -0.39 is 0 Å². The minimum absolute atomic E-state index is 0.0848. The molecule has 2 aromatic rings. The van der Waals surface area contributed by atoms with Crippen molar-refractivity contribution in [1.29, 1.82) is 5.41 Å². The first-order valence-corrected chi connectivity index (χ1v) is 6.33. The van der Waals surface area contributed by atoms with Gasteiger partial charge in [-0.2, -0.15) is 0 Å². The highest BCUT2D eigenvalue weighted by molar-refractivity contribution is 6.37. The molecule has 3 nitrogen and oxygen atoms in total. The third-order valence-electron chi connectivity index (χ3n) is 2.54. The molecule has 5 heteroatoms. The van der Waals surface area contributed by atoms with Crippen LogP contribution < -0.4 is 10.5 Å². The number of benzene rings is 2. The second-order valence-corrected chi connectivity index (χ2v) is 4.77. The van der Waals surface area contributed by atoms with E-state index in [1.165, 1.54) is 0 Å². The first kappa shape index (κ1) is 13.7. The molecule has 2 rings (SSSR count). The summed E-state index contributed by atoms with van der Waals surface area (Å²) in [4.78, 5) is 0. The van der Waals surface area contributed by atoms with Crippen molar-refractivity contribution in [2.75, 3.05) is 0 Å². The van der Waals surface area contributed by atoms with Crippen molar-refractivity contribution in [2.45, 2.75) is 6.61 Å². The summed E-state index contributed by atoms with van der Waals surface area (Å²) in [5, 5.41) is 8.04. The topological polar surface area (TPSA) is 59.1 Å². The van der Waals surface area contributed by atoms with E-state index in [9.17, 15) is 0 Å². The molecule has 0 saturated carbocycles. The third-order valence-corrected chi connectivity index (χ3v) is 3.10. The minimum atomic E-state index is -0.0848. The van der Waals surface area contributed by atoms with Gasteiger partial charge in [0.25, 0.3) is 0 Å². The van der Waals surface area contributed by atoms with Gasteiger partial charge >= 0.3 is 0 Å². The fraction of sp³-hybridized carbons (Fsp3) is 0.0714. The highest BCUT2D eigenvalue weighted by atomic mass is 35.5. The van der Waals surface area contributed by atoms with Gasteiger partial charge in [0.15, 0.2) is 5.75 Å². The van der Waals surface area contributed by atoms with E-state index in [-0.39, 0.29) is 5.84 Å². The molecule has 0 unspecified atom stereocenters. The third kappa shape index (κ3) is 3.40. The Morgan fingerprint density at radius 2 is 1.68 bits per heavy atom. The number of nitrogens with one attached hydrogen (secondary N) is 1. The summed E-state index contributed by atoms with van der Waals surface area (Å²) in [6.45, 7) is 0.375. The van der Waals surface area contributed by atoms with Gasteiger partial charge in [-0.25, -0.2) is 0 Å². The van der Waals surface area contributed by atoms with Gasteiger partial charge in [0.2, 0.25) is 0 Å². The molecule has 98 valence electrons. The zero-order valence-corrected chi connectivity index (χ0v) is 11.5. The van der Waals surface area contributed by atoms with Gasteiger partial charge < -0.3 is 10.5 Å². The first-order chi connectivity index (χ1) is 9.08. The van der Waals surface area contributed by atoms with Crippen LogP contribution >= 0.6 is 23.2 Å². The molecule has 0 bridgehead atoms. The van der Waals surface area contributed by atoms with Crippen molar-refractivity contribution in [3.63, 3.8) is 0 Å². The maximum atomic E-state index is 7.36. The van der Waals surface area contributed by atoms with Crippen LogP contribution in [0.15, 0.2) is 42.5 Å². The molecule has 2 aromatic carbocycles. The van der Waals surface area contributed by atoms with E-state index in [1.807, 2.05) is 30.3 Å². The lowest BCUT2D eigenvalue weighted by atomic mass is 10.2. The zero-order valence-electron chi connectivity index (χ0n) is 9.99. The molecule has 0 atom stereocenters. The van der Waals surface area contributed by atoms with Crippen molar-refractivity contribution >= 4 is 29.0 Å². The second-order valence-electron chi connectivity index (χ2n) is 3.96. The van der Waals surface area contributed by atoms with Gasteiger partial charge in [-0.3, -0.25) is 5.41 Å². The van der Waals surface area contributed by atoms with Crippen molar-refractivity contribution < 1.29 is 4.74 Å². The fourth-order valence-corrected chi connectivity index (χ4v) is 2.18. The Morgan fingerprint density at radius 1 is 1.11 bits per heavy atom. The van der Waals surface area contributed by atoms with Crippen molar-refractivity contribution in [1.82, 2.24) is 0 Å². The molecule has 0 spiro atoms. The van der Waals surface area contributed by atoms with Crippen LogP contribution in [-0.2, 0) is 6.61 Å². The second kappa shape index (κ2) is 5.95. The summed E-state index contributed by atoms with van der Waals surface area (Å²) < 4.78 is 5.61. The van der Waals surface area contributed by atoms with Crippen LogP contribution in [0.25, 0.3) is 0 Å². The number of nitrogen functional groups attached to an aromatic ring is 1. The van der Waals surface area contributed by atoms with E-state index in [1.54, 1.807) is 12.1 Å². The Kier molecular flexibility index (Phi) is 4.30. The SMILES string of the molecule is N=C(N)c1cc(Cl)c(OCc2ccccc2)c(Cl)c1. The maximum absolute atomic E-state index is 7.36. The maximum Gasteiger partial charge on any atom is 0.157 e. The smallest absolute Gasteiger partial charge is 0.157 e. The number of ether oxygens (including phenoxy) is 1. The van der Waals surface area contributed by atoms with E-state index in [4.69, 9.17) is 39.1 Å². The van der Waals surface area contributed by atoms with Crippen molar-refractivity contribution in [3.8, 4) is 5.75 Å². The van der Waals surface area contributed by atoms with Crippen LogP contribution in [0.5, 0.6) is 5.75 Å². The quantitative estimate of drug-likeness (QED) is 0.664. The number of amidine groups is 1. The molecule has 0 heterocycles. The molecular formula is C14H12Cl2N2O. The number of hydrogen-bond acceptors (Lipinski definition) is 2. The lowest BCUT2D eigenvalue weighted by Gasteiger charge is -2.11. The zero-order chi connectivity index (χ0) is 13.8. The largest absolute Gasteiger partial charge is 0.486 e. The Labute approximate surface area is 121 Å². The molecule has 0 amide bonds. The predicted octanol–water partition coefficient (Wildman–Crippen LogP) is 3.86.